The third-order valence-electron chi connectivity index (χ3n) is 4.66. The van der Waals surface area contributed by atoms with Crippen molar-refractivity contribution in [1.29, 1.82) is 0 Å². The van der Waals surface area contributed by atoms with Gasteiger partial charge in [0.2, 0.25) is 5.91 Å². The number of hydrogen-bond donors (Lipinski definition) is 1. The van der Waals surface area contributed by atoms with Gasteiger partial charge in [0.05, 0.1) is 24.1 Å². The molecule has 1 amide bonds. The summed E-state index contributed by atoms with van der Waals surface area (Å²) >= 11 is 0. The van der Waals surface area contributed by atoms with Gasteiger partial charge < -0.3 is 10.1 Å². The third kappa shape index (κ3) is 4.36. The number of amides is 1. The first-order valence-electron chi connectivity index (χ1n) is 9.41. The number of esters is 1. The number of ether oxygens (including phenoxy) is 1. The Bertz CT molecular complexity index is 1010. The lowest BCUT2D eigenvalue weighted by Gasteiger charge is -2.13. The number of rotatable bonds is 6. The van der Waals surface area contributed by atoms with Crippen LogP contribution in [0.25, 0.3) is 10.9 Å². The van der Waals surface area contributed by atoms with Crippen LogP contribution in [0.2, 0.25) is 0 Å². The van der Waals surface area contributed by atoms with Gasteiger partial charge in [-0.05, 0) is 61.7 Å². The van der Waals surface area contributed by atoms with Gasteiger partial charge in [-0.15, -0.1) is 0 Å². The Morgan fingerprint density at radius 3 is 2.46 bits per heavy atom. The van der Waals surface area contributed by atoms with Gasteiger partial charge in [-0.2, -0.15) is 0 Å². The smallest absolute Gasteiger partial charge is 0.338 e. The van der Waals surface area contributed by atoms with Crippen molar-refractivity contribution in [1.82, 2.24) is 4.98 Å². The second-order valence-electron chi connectivity index (χ2n) is 6.76. The molecule has 0 radical (unpaired) electrons. The van der Waals surface area contributed by atoms with E-state index in [2.05, 4.69) is 10.3 Å². The molecule has 28 heavy (non-hydrogen) atoms. The van der Waals surface area contributed by atoms with Gasteiger partial charge in [-0.25, -0.2) is 4.79 Å². The molecule has 1 aromatic heterocycles. The van der Waals surface area contributed by atoms with Gasteiger partial charge in [0, 0.05) is 16.8 Å². The Morgan fingerprint density at radius 1 is 1.04 bits per heavy atom. The van der Waals surface area contributed by atoms with Gasteiger partial charge in [0.15, 0.2) is 0 Å². The molecule has 144 valence electrons. The van der Waals surface area contributed by atoms with E-state index in [9.17, 15) is 9.59 Å². The molecular weight excluding hydrogens is 352 g/mol. The summed E-state index contributed by atoms with van der Waals surface area (Å²) in [6.45, 7) is 6.30. The number of carbonyl (C=O) groups is 2. The minimum atomic E-state index is -0.354. The fourth-order valence-electron chi connectivity index (χ4n) is 3.16. The Labute approximate surface area is 164 Å². The van der Waals surface area contributed by atoms with Crippen molar-refractivity contribution in [3.05, 3.63) is 70.9 Å². The Hall–Kier alpha value is -3.21. The monoisotopic (exact) mass is 376 g/mol. The molecule has 0 aliphatic carbocycles. The number of aromatic nitrogens is 1. The first-order valence-corrected chi connectivity index (χ1v) is 9.41. The van der Waals surface area contributed by atoms with E-state index in [0.717, 1.165) is 34.1 Å². The molecule has 0 atom stereocenters. The largest absolute Gasteiger partial charge is 0.462 e. The molecular formula is C23H24N2O3. The van der Waals surface area contributed by atoms with Gasteiger partial charge in [-0.1, -0.05) is 25.1 Å². The summed E-state index contributed by atoms with van der Waals surface area (Å²) in [5.41, 5.74) is 4.92. The van der Waals surface area contributed by atoms with Gasteiger partial charge in [-0.3, -0.25) is 9.78 Å². The molecule has 0 unspecified atom stereocenters. The van der Waals surface area contributed by atoms with Crippen LogP contribution in [-0.4, -0.2) is 23.5 Å². The molecule has 5 heteroatoms. The van der Waals surface area contributed by atoms with Crippen LogP contribution in [0.5, 0.6) is 0 Å². The zero-order valence-electron chi connectivity index (χ0n) is 16.4. The van der Waals surface area contributed by atoms with E-state index >= 15 is 0 Å². The maximum Gasteiger partial charge on any atom is 0.338 e. The highest BCUT2D eigenvalue weighted by molar-refractivity contribution is 5.95. The standard InChI is InChI=1S/C23H24N2O3/c1-4-13-28-23(27)17-9-11-18(12-10-17)25-22(26)14-20-15(2)19-7-5-6-8-21(19)24-16(20)3/h5-12H,4,13-14H2,1-3H3,(H,25,26). The normalized spacial score (nSPS) is 10.7. The highest BCUT2D eigenvalue weighted by Crippen LogP contribution is 2.23. The number of pyridine rings is 1. The zero-order chi connectivity index (χ0) is 20.1. The molecule has 0 bridgehead atoms. The predicted molar refractivity (Wildman–Crippen MR) is 111 cm³/mol. The van der Waals surface area contributed by atoms with E-state index < -0.39 is 0 Å². The second kappa shape index (κ2) is 8.65. The summed E-state index contributed by atoms with van der Waals surface area (Å²) < 4.78 is 5.11. The number of nitrogens with zero attached hydrogens (tertiary/aromatic N) is 1. The molecule has 0 aliphatic heterocycles. The van der Waals surface area contributed by atoms with Gasteiger partial charge >= 0.3 is 5.97 Å². The first kappa shape index (κ1) is 19.5. The Kier molecular flexibility index (Phi) is 6.04. The van der Waals surface area contributed by atoms with Crippen molar-refractivity contribution in [2.75, 3.05) is 11.9 Å². The minimum absolute atomic E-state index is 0.121. The summed E-state index contributed by atoms with van der Waals surface area (Å²) in [5.74, 6) is -0.474. The summed E-state index contributed by atoms with van der Waals surface area (Å²) in [6, 6.07) is 14.7. The molecule has 3 rings (SSSR count). The van der Waals surface area contributed by atoms with Crippen LogP contribution in [0.3, 0.4) is 0 Å². The molecule has 0 spiro atoms. The van der Waals surface area contributed by atoms with Gasteiger partial charge in [0.25, 0.3) is 0 Å². The van der Waals surface area contributed by atoms with Crippen LogP contribution >= 0.6 is 0 Å². The number of anilines is 1. The first-order chi connectivity index (χ1) is 13.5. The summed E-state index contributed by atoms with van der Waals surface area (Å²) in [5, 5.41) is 3.94. The lowest BCUT2D eigenvalue weighted by molar-refractivity contribution is -0.115. The number of aryl methyl sites for hydroxylation is 2. The molecule has 1 heterocycles. The molecule has 1 N–H and O–H groups in total. The Balaban J connectivity index is 1.71. The predicted octanol–water partition coefficient (Wildman–Crippen LogP) is 4.60. The van der Waals surface area contributed by atoms with Crippen LogP contribution in [0.4, 0.5) is 5.69 Å². The SMILES string of the molecule is CCCOC(=O)c1ccc(NC(=O)Cc2c(C)nc3ccccc3c2C)cc1. The van der Waals surface area contributed by atoms with Crippen LogP contribution in [0, 0.1) is 13.8 Å². The van der Waals surface area contributed by atoms with E-state index in [1.165, 1.54) is 0 Å². The van der Waals surface area contributed by atoms with Crippen molar-refractivity contribution >= 4 is 28.5 Å². The van der Waals surface area contributed by atoms with Crippen LogP contribution in [0.15, 0.2) is 48.5 Å². The van der Waals surface area contributed by atoms with Crippen molar-refractivity contribution in [2.24, 2.45) is 0 Å². The number of fused-ring (bicyclic) bond motifs is 1. The van der Waals surface area contributed by atoms with E-state index in [1.54, 1.807) is 24.3 Å². The quantitative estimate of drug-likeness (QED) is 0.639. The average molecular weight is 376 g/mol. The Morgan fingerprint density at radius 2 is 1.75 bits per heavy atom. The van der Waals surface area contributed by atoms with E-state index in [-0.39, 0.29) is 18.3 Å². The topological polar surface area (TPSA) is 68.3 Å². The molecule has 2 aromatic carbocycles. The van der Waals surface area contributed by atoms with E-state index in [1.807, 2.05) is 45.0 Å². The molecule has 5 nitrogen and oxygen atoms in total. The number of benzene rings is 2. The summed E-state index contributed by atoms with van der Waals surface area (Å²) in [4.78, 5) is 29.0. The molecule has 0 saturated heterocycles. The second-order valence-corrected chi connectivity index (χ2v) is 6.76. The minimum Gasteiger partial charge on any atom is -0.462 e. The molecule has 3 aromatic rings. The third-order valence-corrected chi connectivity index (χ3v) is 4.66. The number of hydrogen-bond acceptors (Lipinski definition) is 4. The van der Waals surface area contributed by atoms with Crippen molar-refractivity contribution < 1.29 is 14.3 Å². The number of para-hydroxylation sites is 1. The van der Waals surface area contributed by atoms with Crippen LogP contribution < -0.4 is 5.32 Å². The lowest BCUT2D eigenvalue weighted by atomic mass is 9.99. The maximum absolute atomic E-state index is 12.6. The lowest BCUT2D eigenvalue weighted by Crippen LogP contribution is -2.16. The van der Waals surface area contributed by atoms with Crippen LogP contribution in [-0.2, 0) is 16.0 Å². The van der Waals surface area contributed by atoms with Crippen molar-refractivity contribution in [3.63, 3.8) is 0 Å². The highest BCUT2D eigenvalue weighted by Gasteiger charge is 2.13. The maximum atomic E-state index is 12.6. The van der Waals surface area contributed by atoms with E-state index in [0.29, 0.717) is 17.9 Å². The summed E-state index contributed by atoms with van der Waals surface area (Å²) in [7, 11) is 0. The van der Waals surface area contributed by atoms with E-state index in [4.69, 9.17) is 4.74 Å². The highest BCUT2D eigenvalue weighted by atomic mass is 16.5. The molecule has 0 saturated carbocycles. The fraction of sp³-hybridized carbons (Fsp3) is 0.261. The molecule has 0 fully saturated rings. The fourth-order valence-corrected chi connectivity index (χ4v) is 3.16. The number of nitrogens with one attached hydrogen (secondary N) is 1. The van der Waals surface area contributed by atoms with Crippen molar-refractivity contribution in [3.8, 4) is 0 Å². The number of carbonyl (C=O) groups excluding carboxylic acids is 2. The van der Waals surface area contributed by atoms with Crippen LogP contribution in [0.1, 0.15) is 40.5 Å². The molecule has 0 aliphatic rings. The zero-order valence-corrected chi connectivity index (χ0v) is 16.4. The van der Waals surface area contributed by atoms with Crippen molar-refractivity contribution in [2.45, 2.75) is 33.6 Å². The summed E-state index contributed by atoms with van der Waals surface area (Å²) in [6.07, 6.45) is 1.03. The van der Waals surface area contributed by atoms with Gasteiger partial charge in [0.1, 0.15) is 0 Å². The average Bonchev–Trinajstić information content (AvgIpc) is 2.70.